The number of hydrogen-bond donors (Lipinski definition) is 1. The summed E-state index contributed by atoms with van der Waals surface area (Å²) in [4.78, 5) is 0. The minimum Gasteiger partial charge on any atom is -0.407 e. The van der Waals surface area contributed by atoms with Gasteiger partial charge in [0.2, 0.25) is 5.89 Å². The fourth-order valence-corrected chi connectivity index (χ4v) is 4.57. The topological polar surface area (TPSA) is 60.2 Å². The summed E-state index contributed by atoms with van der Waals surface area (Å²) >= 11 is 0. The Balaban J connectivity index is 1.29. The molecule has 156 valence electrons. The number of anilines is 2. The second-order valence-electron chi connectivity index (χ2n) is 9.73. The summed E-state index contributed by atoms with van der Waals surface area (Å²) in [6, 6.07) is 17.8. The maximum Gasteiger partial charge on any atom is 0.320 e. The first kappa shape index (κ1) is 19.3. The van der Waals surface area contributed by atoms with Gasteiger partial charge in [0.05, 0.1) is 12.7 Å². The van der Waals surface area contributed by atoms with Crippen LogP contribution in [-0.2, 0) is 15.6 Å². The van der Waals surface area contributed by atoms with Gasteiger partial charge >= 0.3 is 6.01 Å². The van der Waals surface area contributed by atoms with Crippen LogP contribution in [0.2, 0.25) is 0 Å². The van der Waals surface area contributed by atoms with Crippen LogP contribution in [-0.4, -0.2) is 22.9 Å². The third kappa shape index (κ3) is 3.63. The van der Waals surface area contributed by atoms with Crippen LogP contribution in [0.5, 0.6) is 0 Å². The first-order chi connectivity index (χ1) is 14.4. The van der Waals surface area contributed by atoms with E-state index in [1.54, 1.807) is 0 Å². The van der Waals surface area contributed by atoms with Gasteiger partial charge < -0.3 is 14.5 Å². The van der Waals surface area contributed by atoms with Gasteiger partial charge in [-0.15, -0.1) is 5.10 Å². The van der Waals surface area contributed by atoms with Gasteiger partial charge in [-0.3, -0.25) is 0 Å². The lowest BCUT2D eigenvalue weighted by Gasteiger charge is -2.46. The molecule has 1 aromatic heterocycles. The number of ether oxygens (including phenoxy) is 1. The fourth-order valence-electron chi connectivity index (χ4n) is 4.57. The van der Waals surface area contributed by atoms with Crippen molar-refractivity contribution in [2.75, 3.05) is 11.9 Å². The molecule has 5 heteroatoms. The van der Waals surface area contributed by atoms with Crippen LogP contribution in [0.1, 0.15) is 57.9 Å². The predicted octanol–water partition coefficient (Wildman–Crippen LogP) is 5.99. The highest BCUT2D eigenvalue weighted by Crippen LogP contribution is 2.45. The number of nitrogens with one attached hydrogen (secondary N) is 1. The molecule has 1 aliphatic carbocycles. The van der Waals surface area contributed by atoms with Crippen molar-refractivity contribution < 1.29 is 9.15 Å². The third-order valence-electron chi connectivity index (χ3n) is 6.52. The van der Waals surface area contributed by atoms with Crippen LogP contribution >= 0.6 is 0 Å². The van der Waals surface area contributed by atoms with Crippen LogP contribution in [0.25, 0.3) is 11.1 Å². The highest BCUT2D eigenvalue weighted by Gasteiger charge is 2.42. The molecule has 3 fully saturated rings. The van der Waals surface area contributed by atoms with E-state index in [9.17, 15) is 0 Å². The molecule has 3 aromatic rings. The van der Waals surface area contributed by atoms with Crippen LogP contribution < -0.4 is 5.32 Å². The highest BCUT2D eigenvalue weighted by molar-refractivity contribution is 5.67. The molecule has 2 aromatic carbocycles. The molecule has 0 atom stereocenters. The molecule has 0 amide bonds. The maximum absolute atomic E-state index is 6.01. The van der Waals surface area contributed by atoms with Crippen molar-refractivity contribution in [2.24, 2.45) is 0 Å². The van der Waals surface area contributed by atoms with Gasteiger partial charge in [0.25, 0.3) is 0 Å². The van der Waals surface area contributed by atoms with E-state index in [0.29, 0.717) is 18.0 Å². The Morgan fingerprint density at radius 2 is 1.53 bits per heavy atom. The first-order valence-corrected chi connectivity index (χ1v) is 10.8. The van der Waals surface area contributed by atoms with E-state index in [-0.39, 0.29) is 10.8 Å². The molecular weight excluding hydrogens is 374 g/mol. The largest absolute Gasteiger partial charge is 0.407 e. The lowest BCUT2D eigenvalue weighted by molar-refractivity contribution is -0.0792. The number of rotatable bonds is 4. The second-order valence-corrected chi connectivity index (χ2v) is 9.73. The smallest absolute Gasteiger partial charge is 0.320 e. The van der Waals surface area contributed by atoms with Gasteiger partial charge in [-0.1, -0.05) is 62.3 Å². The Labute approximate surface area is 177 Å². The van der Waals surface area contributed by atoms with Gasteiger partial charge in [0.1, 0.15) is 0 Å². The predicted molar refractivity (Wildman–Crippen MR) is 118 cm³/mol. The number of nitrogens with zero attached hydrogens (tertiary/aromatic N) is 2. The normalized spacial score (nSPS) is 23.5. The van der Waals surface area contributed by atoms with E-state index >= 15 is 0 Å². The van der Waals surface area contributed by atoms with E-state index in [4.69, 9.17) is 9.15 Å². The van der Waals surface area contributed by atoms with Crippen molar-refractivity contribution in [1.29, 1.82) is 0 Å². The van der Waals surface area contributed by atoms with Gasteiger partial charge in [0.15, 0.2) is 0 Å². The first-order valence-electron chi connectivity index (χ1n) is 10.8. The summed E-state index contributed by atoms with van der Waals surface area (Å²) in [5.41, 5.74) is 4.83. The van der Waals surface area contributed by atoms with Crippen molar-refractivity contribution in [2.45, 2.75) is 63.4 Å². The maximum atomic E-state index is 6.01. The molecule has 0 radical (unpaired) electrons. The van der Waals surface area contributed by atoms with E-state index in [2.05, 4.69) is 72.7 Å². The standard InChI is InChI=1S/C25H29N3O2/c1-24(2,3)22-27-28-23(30-22)26-20-10-6-18(7-11-20)17-4-8-19(9-5-17)25-14-12-21(13-15-25)29-16-25/h4-11,21H,12-16H2,1-3H3,(H,26,28). The second kappa shape index (κ2) is 7.24. The Morgan fingerprint density at radius 1 is 0.900 bits per heavy atom. The Morgan fingerprint density at radius 3 is 2.07 bits per heavy atom. The van der Waals surface area contributed by atoms with E-state index in [1.807, 2.05) is 12.1 Å². The van der Waals surface area contributed by atoms with Crippen molar-refractivity contribution in [3.05, 3.63) is 60.0 Å². The number of benzene rings is 2. The lowest BCUT2D eigenvalue weighted by Crippen LogP contribution is -2.45. The summed E-state index contributed by atoms with van der Waals surface area (Å²) in [5, 5.41) is 11.4. The molecule has 30 heavy (non-hydrogen) atoms. The van der Waals surface area contributed by atoms with Crippen molar-refractivity contribution in [3.8, 4) is 11.1 Å². The quantitative estimate of drug-likeness (QED) is 0.580. The third-order valence-corrected chi connectivity index (χ3v) is 6.52. The van der Waals surface area contributed by atoms with Crippen molar-refractivity contribution >= 4 is 11.7 Å². The molecule has 6 rings (SSSR count). The molecule has 3 aliphatic rings. The molecule has 5 nitrogen and oxygen atoms in total. The molecule has 1 saturated carbocycles. The van der Waals surface area contributed by atoms with Crippen LogP contribution in [0.4, 0.5) is 11.7 Å². The van der Waals surface area contributed by atoms with Crippen molar-refractivity contribution in [3.63, 3.8) is 0 Å². The summed E-state index contributed by atoms with van der Waals surface area (Å²) in [5.74, 6) is 0.623. The summed E-state index contributed by atoms with van der Waals surface area (Å²) < 4.78 is 11.7. The van der Waals surface area contributed by atoms with Crippen molar-refractivity contribution in [1.82, 2.24) is 10.2 Å². The molecule has 0 spiro atoms. The van der Waals surface area contributed by atoms with E-state index in [0.717, 1.165) is 12.3 Å². The van der Waals surface area contributed by atoms with E-state index < -0.39 is 0 Å². The zero-order valence-electron chi connectivity index (χ0n) is 17.9. The molecule has 2 bridgehead atoms. The SMILES string of the molecule is CC(C)(C)c1nnc(Nc2ccc(-c3ccc(C45CCC(CC4)OC5)cc3)cc2)o1. The summed E-state index contributed by atoms with van der Waals surface area (Å²) in [6.07, 6.45) is 5.42. The molecular formula is C25H29N3O2. The Hall–Kier alpha value is -2.66. The molecule has 1 N–H and O–H groups in total. The van der Waals surface area contributed by atoms with Gasteiger partial charge in [0, 0.05) is 16.5 Å². The monoisotopic (exact) mass is 403 g/mol. The lowest BCUT2D eigenvalue weighted by atomic mass is 9.67. The Bertz CT molecular complexity index is 994. The van der Waals surface area contributed by atoms with Gasteiger partial charge in [-0.2, -0.15) is 0 Å². The average molecular weight is 404 g/mol. The fraction of sp³-hybridized carbons (Fsp3) is 0.440. The minimum absolute atomic E-state index is 0.161. The van der Waals surface area contributed by atoms with Crippen LogP contribution in [0.15, 0.2) is 52.9 Å². The number of fused-ring (bicyclic) bond motifs is 3. The molecule has 3 heterocycles. The molecule has 2 saturated heterocycles. The zero-order valence-corrected chi connectivity index (χ0v) is 17.9. The van der Waals surface area contributed by atoms with Crippen LogP contribution in [0.3, 0.4) is 0 Å². The number of aromatic nitrogens is 2. The highest BCUT2D eigenvalue weighted by atomic mass is 16.5. The van der Waals surface area contributed by atoms with Gasteiger partial charge in [-0.25, -0.2) is 0 Å². The number of hydrogen-bond acceptors (Lipinski definition) is 5. The summed E-state index contributed by atoms with van der Waals surface area (Å²) in [7, 11) is 0. The minimum atomic E-state index is -0.161. The van der Waals surface area contributed by atoms with E-state index in [1.165, 1.54) is 42.4 Å². The molecule has 0 unspecified atom stereocenters. The van der Waals surface area contributed by atoms with Crippen LogP contribution in [0, 0.1) is 0 Å². The zero-order chi connectivity index (χ0) is 20.8. The summed E-state index contributed by atoms with van der Waals surface area (Å²) in [6.45, 7) is 7.03. The molecule has 2 aliphatic heterocycles. The average Bonchev–Trinajstić information content (AvgIpc) is 3.25. The Kier molecular flexibility index (Phi) is 4.66. The van der Waals surface area contributed by atoms with Gasteiger partial charge in [-0.05, 0) is 54.5 Å².